The summed E-state index contributed by atoms with van der Waals surface area (Å²) in [7, 11) is 1.49. The number of aromatic nitrogens is 1. The van der Waals surface area contributed by atoms with Gasteiger partial charge in [-0.3, -0.25) is 4.79 Å². The van der Waals surface area contributed by atoms with Gasteiger partial charge in [0.25, 0.3) is 0 Å². The SMILES string of the molecule is COCC(N)C(=O)c1c(C)ccnc1N. The highest BCUT2D eigenvalue weighted by atomic mass is 16.5. The molecule has 0 saturated heterocycles. The molecule has 0 radical (unpaired) electrons. The molecule has 0 fully saturated rings. The van der Waals surface area contributed by atoms with E-state index in [1.807, 2.05) is 0 Å². The van der Waals surface area contributed by atoms with E-state index in [9.17, 15) is 4.79 Å². The number of nitrogen functional groups attached to an aromatic ring is 1. The number of carbonyl (C=O) groups is 1. The first kappa shape index (κ1) is 11.6. The van der Waals surface area contributed by atoms with Gasteiger partial charge in [-0.1, -0.05) is 0 Å². The predicted molar refractivity (Wildman–Crippen MR) is 57.6 cm³/mol. The van der Waals surface area contributed by atoms with Gasteiger partial charge in [0.15, 0.2) is 5.78 Å². The maximum atomic E-state index is 11.9. The molecule has 82 valence electrons. The Kier molecular flexibility index (Phi) is 3.76. The number of nitrogens with two attached hydrogens (primary N) is 2. The average molecular weight is 209 g/mol. The lowest BCUT2D eigenvalue weighted by Gasteiger charge is -2.12. The summed E-state index contributed by atoms with van der Waals surface area (Å²) in [5.41, 5.74) is 12.4. The van der Waals surface area contributed by atoms with E-state index in [1.54, 1.807) is 19.2 Å². The second-order valence-electron chi connectivity index (χ2n) is 3.31. The van der Waals surface area contributed by atoms with Gasteiger partial charge in [0.1, 0.15) is 5.82 Å². The summed E-state index contributed by atoms with van der Waals surface area (Å²) in [5.74, 6) is -0.0218. The molecule has 1 unspecified atom stereocenters. The van der Waals surface area contributed by atoms with Crippen molar-refractivity contribution in [3.05, 3.63) is 23.4 Å². The maximum Gasteiger partial charge on any atom is 0.185 e. The minimum absolute atomic E-state index is 0.173. The molecule has 1 heterocycles. The van der Waals surface area contributed by atoms with Gasteiger partial charge in [0.05, 0.1) is 18.2 Å². The van der Waals surface area contributed by atoms with Gasteiger partial charge in [-0.2, -0.15) is 0 Å². The topological polar surface area (TPSA) is 91.2 Å². The number of ether oxygens (including phenoxy) is 1. The molecule has 0 amide bonds. The number of ketones is 1. The number of carbonyl (C=O) groups excluding carboxylic acids is 1. The van der Waals surface area contributed by atoms with Crippen LogP contribution in [0.4, 0.5) is 5.82 Å². The summed E-state index contributed by atoms with van der Waals surface area (Å²) in [5, 5.41) is 0. The zero-order valence-corrected chi connectivity index (χ0v) is 8.86. The average Bonchev–Trinajstić information content (AvgIpc) is 2.17. The number of Topliss-reactive ketones (excluding diaryl/α,β-unsaturated/α-hetero) is 1. The van der Waals surface area contributed by atoms with Crippen molar-refractivity contribution in [3.63, 3.8) is 0 Å². The van der Waals surface area contributed by atoms with Crippen molar-refractivity contribution in [1.29, 1.82) is 0 Å². The zero-order chi connectivity index (χ0) is 11.4. The molecular formula is C10H15N3O2. The minimum atomic E-state index is -0.694. The first-order chi connectivity index (χ1) is 7.07. The Hall–Kier alpha value is -1.46. The van der Waals surface area contributed by atoms with E-state index in [2.05, 4.69) is 4.98 Å². The third-order valence-corrected chi connectivity index (χ3v) is 2.12. The van der Waals surface area contributed by atoms with Crippen LogP contribution in [0.3, 0.4) is 0 Å². The molecule has 1 atom stereocenters. The van der Waals surface area contributed by atoms with E-state index in [-0.39, 0.29) is 18.2 Å². The molecule has 0 aliphatic carbocycles. The molecule has 0 bridgehead atoms. The van der Waals surface area contributed by atoms with Crippen LogP contribution in [0.5, 0.6) is 0 Å². The summed E-state index contributed by atoms with van der Waals surface area (Å²) in [6, 6.07) is 1.03. The van der Waals surface area contributed by atoms with Crippen LogP contribution in [0.2, 0.25) is 0 Å². The third-order valence-electron chi connectivity index (χ3n) is 2.12. The van der Waals surface area contributed by atoms with E-state index in [4.69, 9.17) is 16.2 Å². The summed E-state index contributed by atoms with van der Waals surface area (Å²) in [6.45, 7) is 1.97. The first-order valence-electron chi connectivity index (χ1n) is 4.57. The first-order valence-corrected chi connectivity index (χ1v) is 4.57. The molecule has 1 aromatic rings. The van der Waals surface area contributed by atoms with E-state index in [0.717, 1.165) is 5.56 Å². The smallest absolute Gasteiger partial charge is 0.185 e. The lowest BCUT2D eigenvalue weighted by molar-refractivity contribution is 0.0892. The van der Waals surface area contributed by atoms with Crippen LogP contribution in [0.25, 0.3) is 0 Å². The Morgan fingerprint density at radius 2 is 2.33 bits per heavy atom. The molecule has 0 aliphatic heterocycles. The molecule has 4 N–H and O–H groups in total. The number of anilines is 1. The van der Waals surface area contributed by atoms with Gasteiger partial charge in [0, 0.05) is 13.3 Å². The van der Waals surface area contributed by atoms with E-state index in [1.165, 1.54) is 7.11 Å². The van der Waals surface area contributed by atoms with Crippen LogP contribution in [0.1, 0.15) is 15.9 Å². The maximum absolute atomic E-state index is 11.9. The van der Waals surface area contributed by atoms with Crippen LogP contribution in [0, 0.1) is 6.92 Å². The number of methoxy groups -OCH3 is 1. The van der Waals surface area contributed by atoms with Crippen LogP contribution < -0.4 is 11.5 Å². The van der Waals surface area contributed by atoms with Gasteiger partial charge >= 0.3 is 0 Å². The minimum Gasteiger partial charge on any atom is -0.383 e. The molecule has 5 nitrogen and oxygen atoms in total. The Balaban J connectivity index is 3.00. The van der Waals surface area contributed by atoms with Crippen LogP contribution in [0.15, 0.2) is 12.3 Å². The van der Waals surface area contributed by atoms with E-state index < -0.39 is 6.04 Å². The third kappa shape index (κ3) is 2.51. The van der Waals surface area contributed by atoms with Crippen molar-refractivity contribution in [2.24, 2.45) is 5.73 Å². The van der Waals surface area contributed by atoms with Gasteiger partial charge in [-0.15, -0.1) is 0 Å². The van der Waals surface area contributed by atoms with Gasteiger partial charge < -0.3 is 16.2 Å². The summed E-state index contributed by atoms with van der Waals surface area (Å²) in [6.07, 6.45) is 1.56. The van der Waals surface area contributed by atoms with Crippen LogP contribution >= 0.6 is 0 Å². The quantitative estimate of drug-likeness (QED) is 0.688. The normalized spacial score (nSPS) is 12.5. The molecule has 15 heavy (non-hydrogen) atoms. The van der Waals surface area contributed by atoms with Gasteiger partial charge in [-0.05, 0) is 18.6 Å². The fourth-order valence-electron chi connectivity index (χ4n) is 1.34. The Bertz CT molecular complexity index is 345. The molecule has 0 saturated carbocycles. The number of hydrogen-bond donors (Lipinski definition) is 2. The molecule has 0 aromatic carbocycles. The highest BCUT2D eigenvalue weighted by molar-refractivity contribution is 6.04. The lowest BCUT2D eigenvalue weighted by atomic mass is 10.0. The fourth-order valence-corrected chi connectivity index (χ4v) is 1.34. The molecule has 0 spiro atoms. The predicted octanol–water partition coefficient (Wildman–Crippen LogP) is 0.129. The second-order valence-corrected chi connectivity index (χ2v) is 3.31. The molecule has 5 heteroatoms. The van der Waals surface area contributed by atoms with Crippen LogP contribution in [-0.2, 0) is 4.74 Å². The summed E-state index contributed by atoms with van der Waals surface area (Å²) in [4.78, 5) is 15.7. The zero-order valence-electron chi connectivity index (χ0n) is 8.86. The number of aryl methyl sites for hydroxylation is 1. The van der Waals surface area contributed by atoms with Crippen molar-refractivity contribution >= 4 is 11.6 Å². The van der Waals surface area contributed by atoms with E-state index >= 15 is 0 Å². The molecule has 1 aromatic heterocycles. The lowest BCUT2D eigenvalue weighted by Crippen LogP contribution is -2.35. The van der Waals surface area contributed by atoms with Crippen molar-refractivity contribution in [2.75, 3.05) is 19.5 Å². The summed E-state index contributed by atoms with van der Waals surface area (Å²) >= 11 is 0. The van der Waals surface area contributed by atoms with Gasteiger partial charge in [-0.25, -0.2) is 4.98 Å². The van der Waals surface area contributed by atoms with Crippen molar-refractivity contribution in [1.82, 2.24) is 4.98 Å². The van der Waals surface area contributed by atoms with Crippen molar-refractivity contribution in [2.45, 2.75) is 13.0 Å². The van der Waals surface area contributed by atoms with E-state index in [0.29, 0.717) is 5.56 Å². The molecule has 1 rings (SSSR count). The van der Waals surface area contributed by atoms with Gasteiger partial charge in [0.2, 0.25) is 0 Å². The number of nitrogens with zero attached hydrogens (tertiary/aromatic N) is 1. The highest BCUT2D eigenvalue weighted by Gasteiger charge is 2.20. The second kappa shape index (κ2) is 4.86. The molecule has 0 aliphatic rings. The summed E-state index contributed by atoms with van der Waals surface area (Å²) < 4.78 is 4.82. The van der Waals surface area contributed by atoms with Crippen LogP contribution in [-0.4, -0.2) is 30.5 Å². The highest BCUT2D eigenvalue weighted by Crippen LogP contribution is 2.15. The number of rotatable bonds is 4. The Morgan fingerprint density at radius 1 is 1.67 bits per heavy atom. The Labute approximate surface area is 88.4 Å². The largest absolute Gasteiger partial charge is 0.383 e. The fraction of sp³-hybridized carbons (Fsp3) is 0.400. The monoisotopic (exact) mass is 209 g/mol. The number of hydrogen-bond acceptors (Lipinski definition) is 5. The van der Waals surface area contributed by atoms with Crippen molar-refractivity contribution < 1.29 is 9.53 Å². The number of pyridine rings is 1. The molecular weight excluding hydrogens is 194 g/mol. The standard InChI is InChI=1S/C10H15N3O2/c1-6-3-4-13-10(12)8(6)9(14)7(11)5-15-2/h3-4,7H,5,11H2,1-2H3,(H2,12,13). The Morgan fingerprint density at radius 3 is 2.87 bits per heavy atom. The van der Waals surface area contributed by atoms with Crippen molar-refractivity contribution in [3.8, 4) is 0 Å².